The van der Waals surface area contributed by atoms with Crippen LogP contribution in [0.4, 0.5) is 0 Å². The van der Waals surface area contributed by atoms with E-state index >= 15 is 0 Å². The average molecular weight is 1020 g/mol. The van der Waals surface area contributed by atoms with E-state index < -0.39 is 53.8 Å². The van der Waals surface area contributed by atoms with Crippen LogP contribution in [0.1, 0.15) is 62.8 Å². The Hall–Kier alpha value is -0.446. The molecule has 2 N–H and O–H groups in total. The maximum absolute atomic E-state index is 4.11. The van der Waals surface area contributed by atoms with Crippen LogP contribution < -0.4 is 38.1 Å². The van der Waals surface area contributed by atoms with Crippen molar-refractivity contribution in [2.24, 2.45) is 0 Å². The van der Waals surface area contributed by atoms with E-state index in [1.165, 1.54) is 46.2 Å². The van der Waals surface area contributed by atoms with Crippen molar-refractivity contribution in [1.29, 1.82) is 0 Å². The summed E-state index contributed by atoms with van der Waals surface area (Å²) in [6.45, 7) is 19.5. The number of rotatable bonds is 10. The first-order valence-corrected chi connectivity index (χ1v) is 42.3. The maximum Gasteiger partial charge on any atom is -1.00 e. The van der Waals surface area contributed by atoms with Crippen LogP contribution in [0.15, 0.2) is 84.9 Å². The number of benzene rings is 4. The van der Waals surface area contributed by atoms with Crippen molar-refractivity contribution in [3.63, 3.8) is 0 Å². The molecule has 0 fully saturated rings. The molecule has 2 aliphatic carbocycles. The normalized spacial score (nSPS) is 13.3. The van der Waals surface area contributed by atoms with E-state index in [0.29, 0.717) is 12.1 Å². The first-order chi connectivity index (χ1) is 21.2. The molecule has 0 saturated heterocycles. The van der Waals surface area contributed by atoms with Gasteiger partial charge in [-0.1, -0.05) is 0 Å². The quantitative estimate of drug-likeness (QED) is 0.204. The van der Waals surface area contributed by atoms with Gasteiger partial charge < -0.3 is 24.8 Å². The second-order valence-corrected chi connectivity index (χ2v) is 64.2. The van der Waals surface area contributed by atoms with Crippen molar-refractivity contribution < 1.29 is 66.6 Å². The monoisotopic (exact) mass is 1020 g/mol. The molecule has 2 nitrogen and oxygen atoms in total. The molecule has 0 aromatic heterocycles. The van der Waals surface area contributed by atoms with Gasteiger partial charge in [0.1, 0.15) is 0 Å². The number of hydrogen-bond donors (Lipinski definition) is 2. The molecule has 244 valence electrons. The van der Waals surface area contributed by atoms with E-state index in [9.17, 15) is 0 Å². The summed E-state index contributed by atoms with van der Waals surface area (Å²) in [4.78, 5) is 0. The third-order valence-corrected chi connectivity index (χ3v) is 57.8. The van der Waals surface area contributed by atoms with Crippen LogP contribution in [0.5, 0.6) is 0 Å². The molecule has 46 heavy (non-hydrogen) atoms. The summed E-state index contributed by atoms with van der Waals surface area (Å²) in [6.07, 6.45) is 4.79. The van der Waals surface area contributed by atoms with E-state index in [0.717, 1.165) is 12.8 Å². The van der Waals surface area contributed by atoms with Crippen molar-refractivity contribution in [2.75, 3.05) is 0 Å². The van der Waals surface area contributed by atoms with Crippen molar-refractivity contribution >= 4 is 18.6 Å². The number of nitrogens with one attached hydrogen (secondary N) is 2. The van der Waals surface area contributed by atoms with E-state index in [4.69, 9.17) is 0 Å². The van der Waals surface area contributed by atoms with Crippen molar-refractivity contribution in [2.45, 2.75) is 91.6 Å². The Kier molecular flexibility index (Phi) is 16.1. The van der Waals surface area contributed by atoms with Gasteiger partial charge in [-0.2, -0.15) is 0 Å². The van der Waals surface area contributed by atoms with Gasteiger partial charge in [-0.25, -0.2) is 0 Å². The Bertz CT molecular complexity index is 1470. The maximum atomic E-state index is 4.11. The number of fused-ring (bicyclic) bond motifs is 6. The van der Waals surface area contributed by atoms with Gasteiger partial charge in [-0.05, 0) is 0 Å². The zero-order valence-electron chi connectivity index (χ0n) is 29.0. The summed E-state index contributed by atoms with van der Waals surface area (Å²) < 4.78 is 11.8. The fourth-order valence-corrected chi connectivity index (χ4v) is 50.6. The van der Waals surface area contributed by atoms with E-state index in [1.807, 2.05) is 0 Å². The minimum atomic E-state index is -1.88. The molecule has 0 heterocycles. The summed E-state index contributed by atoms with van der Waals surface area (Å²) in [6, 6.07) is 33.4. The smallest absolute Gasteiger partial charge is 1.00 e. The minimum absolute atomic E-state index is 0. The predicted octanol–water partition coefficient (Wildman–Crippen LogP) is 1.58. The second-order valence-electron chi connectivity index (χ2n) is 13.4. The number of halogens is 2. The van der Waals surface area contributed by atoms with Crippen molar-refractivity contribution in [3.8, 4) is 22.3 Å². The van der Waals surface area contributed by atoms with Gasteiger partial charge in [-0.3, -0.25) is 0 Å². The Labute approximate surface area is 309 Å². The summed E-state index contributed by atoms with van der Waals surface area (Å²) in [5.41, 5.74) is 12.3. The molecular weight excluding hydrogens is 968 g/mol. The summed E-state index contributed by atoms with van der Waals surface area (Å²) in [5.74, 6) is -1.23. The van der Waals surface area contributed by atoms with Gasteiger partial charge in [0.05, 0.1) is 0 Å². The molecule has 0 bridgehead atoms. The molecule has 0 saturated carbocycles. The number of hydrogen-bond acceptors (Lipinski definition) is 2. The molecule has 4 aromatic rings. The van der Waals surface area contributed by atoms with Gasteiger partial charge in [0.15, 0.2) is 0 Å². The Morgan fingerprint density at radius 3 is 1.24 bits per heavy atom. The zero-order chi connectivity index (χ0) is 31.4. The third-order valence-electron chi connectivity index (χ3n) is 9.47. The van der Waals surface area contributed by atoms with E-state index in [1.54, 1.807) is 17.8 Å². The standard InChI is InChI=1S/2C13H9.2C4H10N.2C2H7Si.2ClH.2Hf/c2*1-3-7-12-10(5-1)9-11-6-2-4-8-13(11)12;2*1-3-4(2)5;2*1-3-2;;;;/h2*1-5,7-8H,9H2;2*4-5H,3H2,1-2H3;2*3H,1-2H3;2*1H;;/q;;2*-1;;;;;2*+2/p-2. The third kappa shape index (κ3) is 9.01. The first-order valence-electron chi connectivity index (χ1n) is 16.9. The van der Waals surface area contributed by atoms with Crippen LogP contribution >= 0.6 is 0 Å². The zero-order valence-corrected chi connectivity index (χ0v) is 40.0. The summed E-state index contributed by atoms with van der Waals surface area (Å²) >= 11 is -3.76. The molecule has 2 aliphatic rings. The topological polar surface area (TPSA) is 24.1 Å². The van der Waals surface area contributed by atoms with Crippen LogP contribution in [0.25, 0.3) is 22.3 Å². The first kappa shape index (κ1) is 40.0. The summed E-state index contributed by atoms with van der Waals surface area (Å²) in [5, 5.41) is 0. The molecule has 4 aromatic carbocycles. The Morgan fingerprint density at radius 2 is 0.891 bits per heavy atom. The van der Waals surface area contributed by atoms with Crippen molar-refractivity contribution in [1.82, 2.24) is 6.61 Å². The van der Waals surface area contributed by atoms with Crippen LogP contribution in [0.3, 0.4) is 0 Å². The fourth-order valence-electron chi connectivity index (χ4n) is 6.67. The van der Waals surface area contributed by atoms with Gasteiger partial charge in [0.25, 0.3) is 0 Å². The van der Waals surface area contributed by atoms with E-state index in [-0.39, 0.29) is 24.8 Å². The second kappa shape index (κ2) is 18.5. The predicted molar refractivity (Wildman–Crippen MR) is 192 cm³/mol. The molecule has 2 unspecified atom stereocenters. The molecular formula is C38H52Cl2Hf2N2Si2. The van der Waals surface area contributed by atoms with Gasteiger partial charge in [0.2, 0.25) is 0 Å². The summed E-state index contributed by atoms with van der Waals surface area (Å²) in [7, 11) is 0. The van der Waals surface area contributed by atoms with Gasteiger partial charge in [0, 0.05) is 0 Å². The SMILES string of the molecule is CCC(C)[NH][Hf+]([c]1cccc2c1Cc1ccccc1-2)[SiH](C)C.CCC(C)[NH][Hf+]([c]1cccc2c1Cc1ccccc1-2)[SiH](C)C.[Cl-].[Cl-]. The Balaban J connectivity index is 0.000000240. The van der Waals surface area contributed by atoms with Crippen LogP contribution in [0.2, 0.25) is 26.2 Å². The van der Waals surface area contributed by atoms with Crippen LogP contribution in [0, 0.1) is 0 Å². The molecule has 0 amide bonds. The van der Waals surface area contributed by atoms with E-state index in [2.05, 4.69) is 145 Å². The molecule has 2 atom stereocenters. The van der Waals surface area contributed by atoms with Gasteiger partial charge >= 0.3 is 288 Å². The van der Waals surface area contributed by atoms with Crippen LogP contribution in [-0.2, 0) is 54.6 Å². The van der Waals surface area contributed by atoms with Crippen molar-refractivity contribution in [3.05, 3.63) is 107 Å². The molecule has 0 radical (unpaired) electrons. The van der Waals surface area contributed by atoms with Crippen LogP contribution in [-0.4, -0.2) is 24.1 Å². The Morgan fingerprint density at radius 1 is 0.543 bits per heavy atom. The molecule has 0 aliphatic heterocycles. The molecule has 8 heteroatoms. The fraction of sp³-hybridized carbons (Fsp3) is 0.368. The van der Waals surface area contributed by atoms with Gasteiger partial charge in [-0.15, -0.1) is 0 Å². The molecule has 6 rings (SSSR count). The largest absolute Gasteiger partial charge is 1.00 e. The molecule has 0 spiro atoms. The minimum Gasteiger partial charge on any atom is -1.00 e. The average Bonchev–Trinajstić information content (AvgIpc) is 3.61.